The number of unbranched alkanes of at least 4 members (excludes halogenated alkanes) is 21. The fraction of sp³-hybridized carbons (Fsp3) is 0.615. The highest BCUT2D eigenvalue weighted by molar-refractivity contribution is 5.71. The molecule has 0 rings (SSSR count). The van der Waals surface area contributed by atoms with Crippen LogP contribution >= 0.6 is 0 Å². The Bertz CT molecular complexity index is 1550. The molecular formula is C65H104O6. The van der Waals surface area contributed by atoms with Crippen LogP contribution in [-0.2, 0) is 28.6 Å². The van der Waals surface area contributed by atoms with Crippen LogP contribution < -0.4 is 0 Å². The van der Waals surface area contributed by atoms with Gasteiger partial charge in [-0.3, -0.25) is 14.4 Å². The number of carbonyl (C=O) groups is 3. The van der Waals surface area contributed by atoms with E-state index in [1.165, 1.54) is 77.0 Å². The van der Waals surface area contributed by atoms with Gasteiger partial charge in [0.25, 0.3) is 0 Å². The molecule has 0 fully saturated rings. The third kappa shape index (κ3) is 56.3. The van der Waals surface area contributed by atoms with Crippen molar-refractivity contribution in [3.63, 3.8) is 0 Å². The minimum atomic E-state index is -0.807. The highest BCUT2D eigenvalue weighted by atomic mass is 16.6. The van der Waals surface area contributed by atoms with Gasteiger partial charge in [0.1, 0.15) is 13.2 Å². The van der Waals surface area contributed by atoms with Crippen LogP contribution in [0, 0.1) is 0 Å². The van der Waals surface area contributed by atoms with E-state index < -0.39 is 6.10 Å². The van der Waals surface area contributed by atoms with Crippen LogP contribution in [-0.4, -0.2) is 37.2 Å². The summed E-state index contributed by atoms with van der Waals surface area (Å²) in [6.07, 6.45) is 81.5. The van der Waals surface area contributed by atoms with E-state index in [1.807, 2.05) is 48.6 Å². The summed E-state index contributed by atoms with van der Waals surface area (Å²) in [7, 11) is 0. The quantitative estimate of drug-likeness (QED) is 0.0199. The predicted molar refractivity (Wildman–Crippen MR) is 306 cm³/mol. The Morgan fingerprint density at radius 1 is 0.296 bits per heavy atom. The second kappa shape index (κ2) is 58.1. The molecule has 0 N–H and O–H groups in total. The Morgan fingerprint density at radius 3 is 0.972 bits per heavy atom. The summed E-state index contributed by atoms with van der Waals surface area (Å²) >= 11 is 0. The normalized spacial score (nSPS) is 13.1. The first-order chi connectivity index (χ1) is 35.0. The molecule has 71 heavy (non-hydrogen) atoms. The van der Waals surface area contributed by atoms with Gasteiger partial charge >= 0.3 is 17.9 Å². The van der Waals surface area contributed by atoms with Crippen molar-refractivity contribution in [3.8, 4) is 0 Å². The molecule has 0 spiro atoms. The summed E-state index contributed by atoms with van der Waals surface area (Å²) in [6, 6.07) is 0. The Hall–Kier alpha value is -4.45. The molecule has 400 valence electrons. The molecule has 6 nitrogen and oxygen atoms in total. The van der Waals surface area contributed by atoms with E-state index in [-0.39, 0.29) is 31.1 Å². The van der Waals surface area contributed by atoms with Crippen molar-refractivity contribution in [2.75, 3.05) is 13.2 Å². The largest absolute Gasteiger partial charge is 0.462 e. The van der Waals surface area contributed by atoms with Gasteiger partial charge in [0, 0.05) is 19.3 Å². The van der Waals surface area contributed by atoms with Crippen molar-refractivity contribution in [1.29, 1.82) is 0 Å². The van der Waals surface area contributed by atoms with Gasteiger partial charge in [-0.25, -0.2) is 0 Å². The van der Waals surface area contributed by atoms with Crippen molar-refractivity contribution >= 4 is 17.9 Å². The van der Waals surface area contributed by atoms with Gasteiger partial charge in [0.2, 0.25) is 0 Å². The molecule has 1 atom stereocenters. The molecule has 0 saturated heterocycles. The molecule has 0 aromatic rings. The predicted octanol–water partition coefficient (Wildman–Crippen LogP) is 19.4. The molecule has 0 heterocycles. The highest BCUT2D eigenvalue weighted by Crippen LogP contribution is 2.15. The maximum absolute atomic E-state index is 12.9. The lowest BCUT2D eigenvalue weighted by Gasteiger charge is -2.18. The first-order valence-corrected chi connectivity index (χ1v) is 28.8. The monoisotopic (exact) mass is 981 g/mol. The van der Waals surface area contributed by atoms with E-state index in [0.29, 0.717) is 19.3 Å². The molecule has 0 aromatic heterocycles. The molecule has 0 aliphatic carbocycles. The van der Waals surface area contributed by atoms with Crippen molar-refractivity contribution in [2.45, 2.75) is 245 Å². The third-order valence-electron chi connectivity index (χ3n) is 11.8. The molecule has 6 heteroatoms. The number of esters is 3. The van der Waals surface area contributed by atoms with E-state index in [9.17, 15) is 14.4 Å². The van der Waals surface area contributed by atoms with Crippen LogP contribution in [0.3, 0.4) is 0 Å². The van der Waals surface area contributed by atoms with E-state index in [4.69, 9.17) is 14.2 Å². The number of allylic oxidation sites excluding steroid dienone is 22. The molecule has 0 aliphatic rings. The topological polar surface area (TPSA) is 78.9 Å². The summed E-state index contributed by atoms with van der Waals surface area (Å²) in [5.41, 5.74) is 0. The van der Waals surface area contributed by atoms with Gasteiger partial charge < -0.3 is 14.2 Å². The minimum Gasteiger partial charge on any atom is -0.462 e. The molecule has 0 aromatic carbocycles. The summed E-state index contributed by atoms with van der Waals surface area (Å²) in [4.78, 5) is 38.2. The van der Waals surface area contributed by atoms with E-state index >= 15 is 0 Å². The fourth-order valence-electron chi connectivity index (χ4n) is 7.55. The first-order valence-electron chi connectivity index (χ1n) is 28.8. The summed E-state index contributed by atoms with van der Waals surface area (Å²) in [5, 5.41) is 0. The molecular weight excluding hydrogens is 877 g/mol. The zero-order valence-electron chi connectivity index (χ0n) is 45.7. The van der Waals surface area contributed by atoms with Gasteiger partial charge in [-0.2, -0.15) is 0 Å². The summed E-state index contributed by atoms with van der Waals surface area (Å²) < 4.78 is 16.8. The number of ether oxygens (including phenoxy) is 3. The van der Waals surface area contributed by atoms with Gasteiger partial charge in [0.05, 0.1) is 0 Å². The highest BCUT2D eigenvalue weighted by Gasteiger charge is 2.19. The third-order valence-corrected chi connectivity index (χ3v) is 11.8. The Morgan fingerprint density at radius 2 is 0.577 bits per heavy atom. The SMILES string of the molecule is CC\C=C/C=C\C=C/C=C\C=C/CCCCCC(=O)OCC(COC(=O)CCCCCCCCCCC/C=C\C/C=C\C/C=C\CC)OC(=O)CCCCCCCCCCC/C=C\C/C=C\C/C=C\CC. The fourth-order valence-corrected chi connectivity index (χ4v) is 7.55. The Kier molecular flexibility index (Phi) is 54.5. The first kappa shape index (κ1) is 66.6. The zero-order chi connectivity index (χ0) is 51.4. The van der Waals surface area contributed by atoms with Gasteiger partial charge in [-0.1, -0.05) is 251 Å². The molecule has 0 amide bonds. The summed E-state index contributed by atoms with van der Waals surface area (Å²) in [5.74, 6) is -0.958. The van der Waals surface area contributed by atoms with Crippen LogP contribution in [0.4, 0.5) is 0 Å². The average Bonchev–Trinajstić information content (AvgIpc) is 3.37. The number of carbonyl (C=O) groups excluding carboxylic acids is 3. The number of hydrogen-bond donors (Lipinski definition) is 0. The van der Waals surface area contributed by atoms with Gasteiger partial charge in [0.15, 0.2) is 6.10 Å². The van der Waals surface area contributed by atoms with Gasteiger partial charge in [-0.15, -0.1) is 0 Å². The van der Waals surface area contributed by atoms with Crippen LogP contribution in [0.15, 0.2) is 134 Å². The van der Waals surface area contributed by atoms with Crippen LogP contribution in [0.25, 0.3) is 0 Å². The maximum Gasteiger partial charge on any atom is 0.306 e. The van der Waals surface area contributed by atoms with Crippen LogP contribution in [0.2, 0.25) is 0 Å². The van der Waals surface area contributed by atoms with Crippen molar-refractivity contribution < 1.29 is 28.6 Å². The molecule has 0 saturated carbocycles. The second-order valence-electron chi connectivity index (χ2n) is 18.5. The van der Waals surface area contributed by atoms with Crippen molar-refractivity contribution in [2.24, 2.45) is 0 Å². The lowest BCUT2D eigenvalue weighted by atomic mass is 10.1. The molecule has 1 unspecified atom stereocenters. The number of rotatable bonds is 50. The zero-order valence-corrected chi connectivity index (χ0v) is 45.7. The van der Waals surface area contributed by atoms with Gasteiger partial charge in [-0.05, 0) is 103 Å². The standard InChI is InChI=1S/C65H104O6/c1-4-7-10-13-16-19-22-25-28-30-32-34-37-40-43-46-49-52-55-58-64(67)70-61-62(60-69-63(66)57-54-51-48-45-42-39-36-27-24-21-18-15-12-9-6-3)71-65(68)59-56-53-50-47-44-41-38-35-33-31-29-26-23-20-17-14-11-8-5-2/h7-12,15-21,24-29,36,39,42,62H,4-6,13-14,22-23,30-35,37-38,40-41,43-61H2,1-3H3/b10-7-,11-8-,12-9-,18-15-,19-16-,20-17-,24-21-,28-25-,29-26-,36-27-,42-39-. The van der Waals surface area contributed by atoms with E-state index in [2.05, 4.69) is 106 Å². The van der Waals surface area contributed by atoms with Crippen molar-refractivity contribution in [3.05, 3.63) is 134 Å². The van der Waals surface area contributed by atoms with Crippen LogP contribution in [0.5, 0.6) is 0 Å². The second-order valence-corrected chi connectivity index (χ2v) is 18.5. The molecule has 0 bridgehead atoms. The van der Waals surface area contributed by atoms with E-state index in [1.54, 1.807) is 0 Å². The lowest BCUT2D eigenvalue weighted by molar-refractivity contribution is -0.167. The minimum absolute atomic E-state index is 0.101. The lowest BCUT2D eigenvalue weighted by Crippen LogP contribution is -2.30. The molecule has 0 radical (unpaired) electrons. The average molecular weight is 982 g/mol. The smallest absolute Gasteiger partial charge is 0.306 e. The number of hydrogen-bond acceptors (Lipinski definition) is 6. The Labute approximate surface area is 436 Å². The molecule has 0 aliphatic heterocycles. The van der Waals surface area contributed by atoms with Crippen molar-refractivity contribution in [1.82, 2.24) is 0 Å². The Balaban J connectivity index is 4.47. The maximum atomic E-state index is 12.9. The van der Waals surface area contributed by atoms with Crippen LogP contribution in [0.1, 0.15) is 239 Å². The summed E-state index contributed by atoms with van der Waals surface area (Å²) in [6.45, 7) is 6.23. The van der Waals surface area contributed by atoms with E-state index in [0.717, 1.165) is 122 Å².